The first kappa shape index (κ1) is 15.3. The number of carbonyl (C=O) groups is 1. The minimum atomic E-state index is 0.0642. The molecule has 0 saturated carbocycles. The van der Waals surface area contributed by atoms with Gasteiger partial charge >= 0.3 is 0 Å². The Hall–Kier alpha value is -2.27. The summed E-state index contributed by atoms with van der Waals surface area (Å²) in [5, 5.41) is 4.04. The number of aromatic nitrogens is 2. The highest BCUT2D eigenvalue weighted by Gasteiger charge is 2.21. The molecule has 0 aliphatic heterocycles. The summed E-state index contributed by atoms with van der Waals surface area (Å²) in [6.07, 6.45) is 7.05. The predicted octanol–water partition coefficient (Wildman–Crippen LogP) is 3.62. The Morgan fingerprint density at radius 1 is 1.25 bits per heavy atom. The van der Waals surface area contributed by atoms with Crippen molar-refractivity contribution in [1.82, 2.24) is 14.7 Å². The second kappa shape index (κ2) is 6.69. The summed E-state index contributed by atoms with van der Waals surface area (Å²) in [7, 11) is 0. The Morgan fingerprint density at radius 3 is 3.08 bits per heavy atom. The Labute approximate surface area is 145 Å². The molecule has 5 heteroatoms. The summed E-state index contributed by atoms with van der Waals surface area (Å²) in [5.41, 5.74) is 3.68. The van der Waals surface area contributed by atoms with E-state index in [4.69, 9.17) is 0 Å². The fraction of sp³-hybridized carbons (Fsp3) is 0.263. The number of hydrogen-bond donors (Lipinski definition) is 1. The summed E-state index contributed by atoms with van der Waals surface area (Å²) < 4.78 is 2.01. The molecular formula is C19H19N3OS. The van der Waals surface area contributed by atoms with Crippen LogP contribution in [0.4, 0.5) is 0 Å². The maximum Gasteiger partial charge on any atom is 0.230 e. The predicted molar refractivity (Wildman–Crippen MR) is 96.2 cm³/mol. The number of carbonyl (C=O) groups excluding carboxylic acids is 1. The van der Waals surface area contributed by atoms with Crippen LogP contribution in [0, 0.1) is 0 Å². The zero-order chi connectivity index (χ0) is 16.4. The summed E-state index contributed by atoms with van der Waals surface area (Å²) in [4.78, 5) is 16.8. The first-order valence-electron chi connectivity index (χ1n) is 8.23. The Balaban J connectivity index is 1.41. The van der Waals surface area contributed by atoms with Gasteiger partial charge in [-0.25, -0.2) is 4.98 Å². The lowest BCUT2D eigenvalue weighted by Crippen LogP contribution is -2.32. The Kier molecular flexibility index (Phi) is 4.26. The van der Waals surface area contributed by atoms with E-state index in [1.54, 1.807) is 0 Å². The lowest BCUT2D eigenvalue weighted by molar-refractivity contribution is -0.119. The van der Waals surface area contributed by atoms with Crippen LogP contribution in [-0.2, 0) is 11.2 Å². The molecule has 1 N–H and O–H groups in total. The SMILES string of the molecule is O=C(CSc1ncc2ccccn12)N[C@H]1CCCc2ccccc21. The molecule has 3 aromatic rings. The van der Waals surface area contributed by atoms with Gasteiger partial charge in [0.05, 0.1) is 23.5 Å². The van der Waals surface area contributed by atoms with E-state index < -0.39 is 0 Å². The molecule has 24 heavy (non-hydrogen) atoms. The van der Waals surface area contributed by atoms with E-state index in [2.05, 4.69) is 34.6 Å². The first-order valence-corrected chi connectivity index (χ1v) is 9.22. The normalized spacial score (nSPS) is 16.8. The van der Waals surface area contributed by atoms with Crippen molar-refractivity contribution in [2.24, 2.45) is 0 Å². The molecule has 1 aliphatic rings. The molecule has 4 rings (SSSR count). The zero-order valence-corrected chi connectivity index (χ0v) is 14.1. The molecule has 0 saturated heterocycles. The van der Waals surface area contributed by atoms with E-state index in [9.17, 15) is 4.79 Å². The highest BCUT2D eigenvalue weighted by molar-refractivity contribution is 7.99. The number of hydrogen-bond acceptors (Lipinski definition) is 3. The molecule has 1 amide bonds. The van der Waals surface area contributed by atoms with Gasteiger partial charge in [0.1, 0.15) is 0 Å². The van der Waals surface area contributed by atoms with Gasteiger partial charge in [0.15, 0.2) is 5.16 Å². The van der Waals surface area contributed by atoms with Gasteiger partial charge in [-0.15, -0.1) is 0 Å². The molecule has 2 aromatic heterocycles. The lowest BCUT2D eigenvalue weighted by atomic mass is 9.88. The topological polar surface area (TPSA) is 46.4 Å². The van der Waals surface area contributed by atoms with Crippen molar-refractivity contribution in [1.29, 1.82) is 0 Å². The minimum absolute atomic E-state index is 0.0642. The van der Waals surface area contributed by atoms with E-state index in [-0.39, 0.29) is 11.9 Å². The zero-order valence-electron chi connectivity index (χ0n) is 13.3. The summed E-state index contributed by atoms with van der Waals surface area (Å²) in [6.45, 7) is 0. The molecular weight excluding hydrogens is 318 g/mol. The van der Waals surface area contributed by atoms with Gasteiger partial charge in [-0.05, 0) is 42.5 Å². The Morgan fingerprint density at radius 2 is 2.12 bits per heavy atom. The molecule has 1 atom stereocenters. The lowest BCUT2D eigenvalue weighted by Gasteiger charge is -2.26. The molecule has 0 fully saturated rings. The van der Waals surface area contributed by atoms with Gasteiger partial charge in [-0.3, -0.25) is 9.20 Å². The maximum atomic E-state index is 12.4. The van der Waals surface area contributed by atoms with Crippen molar-refractivity contribution in [2.75, 3.05) is 5.75 Å². The largest absolute Gasteiger partial charge is 0.349 e. The number of nitrogens with one attached hydrogen (secondary N) is 1. The summed E-state index contributed by atoms with van der Waals surface area (Å²) in [5.74, 6) is 0.446. The van der Waals surface area contributed by atoms with Gasteiger partial charge in [-0.2, -0.15) is 0 Å². The fourth-order valence-electron chi connectivity index (χ4n) is 3.30. The number of fused-ring (bicyclic) bond motifs is 2. The number of nitrogens with zero attached hydrogens (tertiary/aromatic N) is 2. The van der Waals surface area contributed by atoms with Crippen molar-refractivity contribution < 1.29 is 4.79 Å². The van der Waals surface area contributed by atoms with Crippen LogP contribution in [0.2, 0.25) is 0 Å². The molecule has 1 aliphatic carbocycles. The molecule has 0 spiro atoms. The van der Waals surface area contributed by atoms with Gasteiger partial charge < -0.3 is 5.32 Å². The summed E-state index contributed by atoms with van der Waals surface area (Å²) in [6, 6.07) is 14.5. The first-order chi connectivity index (χ1) is 11.8. The highest BCUT2D eigenvalue weighted by Crippen LogP contribution is 2.29. The molecule has 4 nitrogen and oxygen atoms in total. The average Bonchev–Trinajstić information content (AvgIpc) is 3.04. The molecule has 2 heterocycles. The summed E-state index contributed by atoms with van der Waals surface area (Å²) >= 11 is 1.47. The van der Waals surface area contributed by atoms with Crippen LogP contribution in [0.3, 0.4) is 0 Å². The molecule has 0 bridgehead atoms. The standard InChI is InChI=1S/C19H19N3OS/c23-18(13-24-19-20-12-15-8-3-4-11-22(15)19)21-17-10-5-7-14-6-1-2-9-16(14)17/h1-4,6,8-9,11-12,17H,5,7,10,13H2,(H,21,23)/t17-/m0/s1. The number of thioether (sulfide) groups is 1. The monoisotopic (exact) mass is 337 g/mol. The van der Waals surface area contributed by atoms with Crippen LogP contribution in [0.5, 0.6) is 0 Å². The minimum Gasteiger partial charge on any atom is -0.349 e. The van der Waals surface area contributed by atoms with E-state index >= 15 is 0 Å². The van der Waals surface area contributed by atoms with Gasteiger partial charge in [0.25, 0.3) is 0 Å². The van der Waals surface area contributed by atoms with Crippen LogP contribution < -0.4 is 5.32 Å². The number of imidazole rings is 1. The third-order valence-electron chi connectivity index (χ3n) is 4.44. The Bertz CT molecular complexity index is 874. The van der Waals surface area contributed by atoms with Crippen molar-refractivity contribution in [3.63, 3.8) is 0 Å². The number of rotatable bonds is 4. The van der Waals surface area contributed by atoms with Crippen LogP contribution in [0.1, 0.15) is 30.0 Å². The van der Waals surface area contributed by atoms with Gasteiger partial charge in [-0.1, -0.05) is 42.1 Å². The molecule has 0 radical (unpaired) electrons. The molecule has 1 aromatic carbocycles. The van der Waals surface area contributed by atoms with Crippen molar-refractivity contribution in [3.8, 4) is 0 Å². The van der Waals surface area contributed by atoms with Crippen molar-refractivity contribution >= 4 is 23.2 Å². The van der Waals surface area contributed by atoms with Crippen LogP contribution in [0.15, 0.2) is 60.0 Å². The van der Waals surface area contributed by atoms with Crippen LogP contribution in [0.25, 0.3) is 5.52 Å². The smallest absolute Gasteiger partial charge is 0.230 e. The maximum absolute atomic E-state index is 12.4. The highest BCUT2D eigenvalue weighted by atomic mass is 32.2. The van der Waals surface area contributed by atoms with Gasteiger partial charge in [0, 0.05) is 6.20 Å². The van der Waals surface area contributed by atoms with Crippen molar-refractivity contribution in [2.45, 2.75) is 30.5 Å². The van der Waals surface area contributed by atoms with Crippen molar-refractivity contribution in [3.05, 3.63) is 66.0 Å². The van der Waals surface area contributed by atoms with E-state index in [1.807, 2.05) is 35.0 Å². The fourth-order valence-corrected chi connectivity index (χ4v) is 4.07. The average molecular weight is 337 g/mol. The second-order valence-corrected chi connectivity index (χ2v) is 6.98. The van der Waals surface area contributed by atoms with Crippen LogP contribution in [-0.4, -0.2) is 21.0 Å². The van der Waals surface area contributed by atoms with E-state index in [0.717, 1.165) is 29.9 Å². The third kappa shape index (κ3) is 3.04. The number of benzene rings is 1. The number of pyridine rings is 1. The van der Waals surface area contributed by atoms with E-state index in [1.165, 1.54) is 22.9 Å². The van der Waals surface area contributed by atoms with Gasteiger partial charge in [0.2, 0.25) is 5.91 Å². The number of amides is 1. The molecule has 122 valence electrons. The van der Waals surface area contributed by atoms with E-state index in [0.29, 0.717) is 5.75 Å². The van der Waals surface area contributed by atoms with Crippen LogP contribution >= 0.6 is 11.8 Å². The molecule has 0 unspecified atom stereocenters. The quantitative estimate of drug-likeness (QED) is 0.740. The number of aryl methyl sites for hydroxylation is 1. The third-order valence-corrected chi connectivity index (χ3v) is 5.41. The second-order valence-electron chi connectivity index (χ2n) is 6.04.